The minimum absolute atomic E-state index is 0.286. The Balaban J connectivity index is 1.98. The van der Waals surface area contributed by atoms with Crippen LogP contribution in [0.2, 0.25) is 5.02 Å². The molecule has 5 heteroatoms. The van der Waals surface area contributed by atoms with Crippen LogP contribution in [0, 0.1) is 5.82 Å². The van der Waals surface area contributed by atoms with Crippen molar-refractivity contribution < 1.29 is 13.9 Å². The number of fused-ring (bicyclic) bond motifs is 1. The summed E-state index contributed by atoms with van der Waals surface area (Å²) < 4.78 is 25.2. The summed E-state index contributed by atoms with van der Waals surface area (Å²) in [6, 6.07) is 9.27. The van der Waals surface area contributed by atoms with Gasteiger partial charge in [0.2, 0.25) is 0 Å². The topological polar surface area (TPSA) is 44.5 Å². The minimum atomic E-state index is -0.657. The molecule has 2 N–H and O–H groups in total. The predicted octanol–water partition coefficient (Wildman–Crippen LogP) is 3.69. The third-order valence-corrected chi connectivity index (χ3v) is 3.77. The zero-order chi connectivity index (χ0) is 14.8. The van der Waals surface area contributed by atoms with Gasteiger partial charge in [-0.1, -0.05) is 23.7 Å². The maximum atomic E-state index is 14.0. The van der Waals surface area contributed by atoms with E-state index in [4.69, 9.17) is 26.8 Å². The lowest BCUT2D eigenvalue weighted by atomic mass is 9.98. The average Bonchev–Trinajstić information content (AvgIpc) is 2.71. The molecule has 0 bridgehead atoms. The van der Waals surface area contributed by atoms with E-state index in [-0.39, 0.29) is 5.56 Å². The fraction of sp³-hybridized carbons (Fsp3) is 0.250. The van der Waals surface area contributed by atoms with Crippen LogP contribution in [-0.2, 0) is 0 Å². The van der Waals surface area contributed by atoms with Crippen LogP contribution < -0.4 is 15.2 Å². The number of nitrogens with two attached hydrogens (primary N) is 1. The van der Waals surface area contributed by atoms with E-state index in [0.29, 0.717) is 29.7 Å². The van der Waals surface area contributed by atoms with E-state index < -0.39 is 11.9 Å². The molecule has 0 radical (unpaired) electrons. The highest BCUT2D eigenvalue weighted by atomic mass is 35.5. The predicted molar refractivity (Wildman–Crippen MR) is 79.5 cm³/mol. The number of ether oxygens (including phenoxy) is 2. The summed E-state index contributed by atoms with van der Waals surface area (Å²) in [7, 11) is 0. The molecule has 0 spiro atoms. The molecule has 0 saturated carbocycles. The molecule has 1 aliphatic heterocycles. The molecule has 0 aliphatic carbocycles. The van der Waals surface area contributed by atoms with Crippen LogP contribution in [0.25, 0.3) is 0 Å². The van der Waals surface area contributed by atoms with Crippen molar-refractivity contribution in [3.05, 3.63) is 58.4 Å². The van der Waals surface area contributed by atoms with Gasteiger partial charge in [-0.05, 0) is 29.8 Å². The Bertz CT molecular complexity index is 642. The van der Waals surface area contributed by atoms with E-state index in [1.165, 1.54) is 6.07 Å². The molecule has 1 unspecified atom stereocenters. The number of benzene rings is 2. The summed E-state index contributed by atoms with van der Waals surface area (Å²) >= 11 is 6.07. The van der Waals surface area contributed by atoms with E-state index in [1.54, 1.807) is 30.3 Å². The highest BCUT2D eigenvalue weighted by Gasteiger charge is 2.19. The molecule has 2 aromatic rings. The van der Waals surface area contributed by atoms with Crippen molar-refractivity contribution >= 4 is 11.6 Å². The molecule has 1 heterocycles. The van der Waals surface area contributed by atoms with Gasteiger partial charge in [0.05, 0.1) is 19.3 Å². The first-order valence-corrected chi connectivity index (χ1v) is 7.13. The van der Waals surface area contributed by atoms with E-state index in [9.17, 15) is 4.39 Å². The number of hydrogen-bond acceptors (Lipinski definition) is 3. The van der Waals surface area contributed by atoms with Gasteiger partial charge in [0, 0.05) is 17.0 Å². The standard InChI is InChI=1S/C16H15ClFNO2/c17-11-3-1-4-12(18)15(11)16(19)10-5-6-13-14(9-10)21-8-2-7-20-13/h1,3-6,9,16H,2,7-8,19H2. The summed E-state index contributed by atoms with van der Waals surface area (Å²) in [5, 5.41) is 0.314. The van der Waals surface area contributed by atoms with Crippen molar-refractivity contribution in [2.45, 2.75) is 12.5 Å². The molecule has 3 nitrogen and oxygen atoms in total. The Kier molecular flexibility index (Phi) is 3.99. The lowest BCUT2D eigenvalue weighted by Crippen LogP contribution is -2.14. The van der Waals surface area contributed by atoms with Crippen LogP contribution in [-0.4, -0.2) is 13.2 Å². The summed E-state index contributed by atoms with van der Waals surface area (Å²) in [5.41, 5.74) is 7.18. The highest BCUT2D eigenvalue weighted by Crippen LogP contribution is 2.35. The van der Waals surface area contributed by atoms with Crippen molar-refractivity contribution in [2.24, 2.45) is 5.73 Å². The molecule has 0 fully saturated rings. The van der Waals surface area contributed by atoms with Crippen LogP contribution in [0.5, 0.6) is 11.5 Å². The van der Waals surface area contributed by atoms with E-state index in [0.717, 1.165) is 12.0 Å². The van der Waals surface area contributed by atoms with E-state index in [2.05, 4.69) is 0 Å². The highest BCUT2D eigenvalue weighted by molar-refractivity contribution is 6.31. The van der Waals surface area contributed by atoms with Crippen LogP contribution in [0.3, 0.4) is 0 Å². The molecular weight excluding hydrogens is 293 g/mol. The van der Waals surface area contributed by atoms with Crippen molar-refractivity contribution in [3.8, 4) is 11.5 Å². The first-order valence-electron chi connectivity index (χ1n) is 6.76. The van der Waals surface area contributed by atoms with Gasteiger partial charge in [0.1, 0.15) is 5.82 Å². The van der Waals surface area contributed by atoms with Crippen molar-refractivity contribution in [2.75, 3.05) is 13.2 Å². The van der Waals surface area contributed by atoms with Gasteiger partial charge in [-0.3, -0.25) is 0 Å². The molecule has 1 aliphatic rings. The van der Waals surface area contributed by atoms with Gasteiger partial charge in [0.15, 0.2) is 11.5 Å². The average molecular weight is 308 g/mol. The third kappa shape index (κ3) is 2.82. The van der Waals surface area contributed by atoms with Crippen molar-refractivity contribution in [1.29, 1.82) is 0 Å². The molecule has 21 heavy (non-hydrogen) atoms. The summed E-state index contributed by atoms with van der Waals surface area (Å²) in [4.78, 5) is 0. The number of hydrogen-bond donors (Lipinski definition) is 1. The molecule has 0 saturated heterocycles. The lowest BCUT2D eigenvalue weighted by Gasteiger charge is -2.17. The van der Waals surface area contributed by atoms with Crippen LogP contribution >= 0.6 is 11.6 Å². The quantitative estimate of drug-likeness (QED) is 0.920. The Morgan fingerprint density at radius 3 is 2.62 bits per heavy atom. The summed E-state index contributed by atoms with van der Waals surface area (Å²) in [6.07, 6.45) is 0.829. The van der Waals surface area contributed by atoms with Gasteiger partial charge >= 0.3 is 0 Å². The smallest absolute Gasteiger partial charge is 0.161 e. The van der Waals surface area contributed by atoms with Gasteiger partial charge in [0.25, 0.3) is 0 Å². The second kappa shape index (κ2) is 5.92. The van der Waals surface area contributed by atoms with Crippen LogP contribution in [0.4, 0.5) is 4.39 Å². The fourth-order valence-corrected chi connectivity index (χ4v) is 2.63. The molecule has 0 amide bonds. The summed E-state index contributed by atoms with van der Waals surface area (Å²) in [6.45, 7) is 1.21. The number of rotatable bonds is 2. The maximum Gasteiger partial charge on any atom is 0.161 e. The van der Waals surface area contributed by atoms with Crippen molar-refractivity contribution in [3.63, 3.8) is 0 Å². The SMILES string of the molecule is NC(c1ccc2c(c1)OCCCO2)c1c(F)cccc1Cl. The van der Waals surface area contributed by atoms with E-state index >= 15 is 0 Å². The van der Waals surface area contributed by atoms with E-state index in [1.807, 2.05) is 0 Å². The lowest BCUT2D eigenvalue weighted by molar-refractivity contribution is 0.297. The zero-order valence-corrected chi connectivity index (χ0v) is 12.1. The van der Waals surface area contributed by atoms with Crippen LogP contribution in [0.1, 0.15) is 23.6 Å². The Labute approximate surface area is 127 Å². The van der Waals surface area contributed by atoms with Gasteiger partial charge in [-0.25, -0.2) is 4.39 Å². The molecule has 0 aromatic heterocycles. The molecule has 2 aromatic carbocycles. The zero-order valence-electron chi connectivity index (χ0n) is 11.3. The minimum Gasteiger partial charge on any atom is -0.490 e. The second-order valence-electron chi connectivity index (χ2n) is 4.87. The fourth-order valence-electron chi connectivity index (χ4n) is 2.35. The van der Waals surface area contributed by atoms with Crippen LogP contribution in [0.15, 0.2) is 36.4 Å². The maximum absolute atomic E-state index is 14.0. The summed E-state index contributed by atoms with van der Waals surface area (Å²) in [5.74, 6) is 0.901. The molecule has 3 rings (SSSR count). The Hall–Kier alpha value is -1.78. The number of halogens is 2. The Morgan fingerprint density at radius 2 is 1.86 bits per heavy atom. The first-order chi connectivity index (χ1) is 10.2. The monoisotopic (exact) mass is 307 g/mol. The normalized spacial score (nSPS) is 15.4. The first kappa shape index (κ1) is 14.2. The third-order valence-electron chi connectivity index (χ3n) is 3.44. The molecular formula is C16H15ClFNO2. The second-order valence-corrected chi connectivity index (χ2v) is 5.28. The Morgan fingerprint density at radius 1 is 1.10 bits per heavy atom. The largest absolute Gasteiger partial charge is 0.490 e. The van der Waals surface area contributed by atoms with Gasteiger partial charge < -0.3 is 15.2 Å². The molecule has 1 atom stereocenters. The van der Waals surface area contributed by atoms with Crippen molar-refractivity contribution in [1.82, 2.24) is 0 Å². The van der Waals surface area contributed by atoms with Gasteiger partial charge in [-0.2, -0.15) is 0 Å². The van der Waals surface area contributed by atoms with Gasteiger partial charge in [-0.15, -0.1) is 0 Å². The molecule has 110 valence electrons.